The molecule has 0 heterocycles. The highest BCUT2D eigenvalue weighted by Gasteiger charge is 2.25. The fourth-order valence-corrected chi connectivity index (χ4v) is 4.46. The van der Waals surface area contributed by atoms with E-state index in [1.54, 1.807) is 5.57 Å². The topological polar surface area (TPSA) is 20.2 Å². The zero-order valence-corrected chi connectivity index (χ0v) is 14.3. The maximum atomic E-state index is 9.68. The van der Waals surface area contributed by atoms with Crippen molar-refractivity contribution in [3.05, 3.63) is 11.6 Å². The molecule has 21 heavy (non-hydrogen) atoms. The highest BCUT2D eigenvalue weighted by Crippen LogP contribution is 2.38. The van der Waals surface area contributed by atoms with Crippen molar-refractivity contribution < 1.29 is 5.11 Å². The van der Waals surface area contributed by atoms with Gasteiger partial charge in [0, 0.05) is 0 Å². The van der Waals surface area contributed by atoms with E-state index in [4.69, 9.17) is 0 Å². The molecular formula is C20H36O. The summed E-state index contributed by atoms with van der Waals surface area (Å²) in [6.07, 6.45) is 19.1. The van der Waals surface area contributed by atoms with Crippen LogP contribution in [0.2, 0.25) is 0 Å². The average molecular weight is 293 g/mol. The van der Waals surface area contributed by atoms with Crippen LogP contribution in [0.25, 0.3) is 0 Å². The van der Waals surface area contributed by atoms with Crippen LogP contribution in [0.3, 0.4) is 0 Å². The number of fused-ring (bicyclic) bond motifs is 2. The fourth-order valence-electron chi connectivity index (χ4n) is 4.46. The fraction of sp³-hybridized carbons (Fsp3) is 0.900. The van der Waals surface area contributed by atoms with Crippen molar-refractivity contribution in [2.24, 2.45) is 17.8 Å². The second-order valence-electron chi connectivity index (χ2n) is 7.85. The largest absolute Gasteiger partial charge is 0.393 e. The molecule has 0 aliphatic heterocycles. The minimum absolute atomic E-state index is 0.162. The third-order valence-corrected chi connectivity index (χ3v) is 5.63. The summed E-state index contributed by atoms with van der Waals surface area (Å²) in [5.74, 6) is 2.32. The van der Waals surface area contributed by atoms with Crippen LogP contribution in [-0.4, -0.2) is 11.2 Å². The Morgan fingerprint density at radius 3 is 2.29 bits per heavy atom. The minimum atomic E-state index is -0.162. The molecule has 0 aromatic rings. The number of rotatable bonds is 3. The van der Waals surface area contributed by atoms with Crippen LogP contribution in [-0.2, 0) is 0 Å². The van der Waals surface area contributed by atoms with Crippen LogP contribution in [0.1, 0.15) is 90.9 Å². The first-order valence-electron chi connectivity index (χ1n) is 9.53. The van der Waals surface area contributed by atoms with Gasteiger partial charge in [0.1, 0.15) is 0 Å². The monoisotopic (exact) mass is 292 g/mol. The molecule has 2 aliphatic carbocycles. The molecule has 4 atom stereocenters. The Balaban J connectivity index is 1.98. The summed E-state index contributed by atoms with van der Waals surface area (Å²) in [6.45, 7) is 4.25. The van der Waals surface area contributed by atoms with Gasteiger partial charge in [-0.2, -0.15) is 0 Å². The van der Waals surface area contributed by atoms with Gasteiger partial charge in [-0.05, 0) is 50.4 Å². The predicted octanol–water partition coefficient (Wildman–Crippen LogP) is 5.87. The molecule has 1 N–H and O–H groups in total. The Bertz CT molecular complexity index is 318. The predicted molar refractivity (Wildman–Crippen MR) is 91.3 cm³/mol. The van der Waals surface area contributed by atoms with Crippen molar-refractivity contribution in [1.82, 2.24) is 0 Å². The van der Waals surface area contributed by atoms with E-state index in [2.05, 4.69) is 13.0 Å². The summed E-state index contributed by atoms with van der Waals surface area (Å²) in [7, 11) is 0. The van der Waals surface area contributed by atoms with Gasteiger partial charge in [0.2, 0.25) is 0 Å². The molecule has 2 bridgehead atoms. The smallest absolute Gasteiger partial charge is 0.0517 e. The molecule has 1 fully saturated rings. The van der Waals surface area contributed by atoms with Crippen LogP contribution in [0.15, 0.2) is 11.6 Å². The molecule has 1 nitrogen and oxygen atoms in total. The Kier molecular flexibility index (Phi) is 7.29. The standard InChI is InChI=1S/C20H36O/c1-16(12-17(2)21)20-14-18-10-8-6-4-3-5-7-9-11-19(13-18)15-20/h14,16-19,21H,3-13,15H2,1-2H3/t16-,17-,18-,19+/m1/s1. The van der Waals surface area contributed by atoms with Crippen LogP contribution in [0.4, 0.5) is 0 Å². The summed E-state index contributed by atoms with van der Waals surface area (Å²) in [6, 6.07) is 0. The quantitative estimate of drug-likeness (QED) is 0.645. The lowest BCUT2D eigenvalue weighted by atomic mass is 9.74. The van der Waals surface area contributed by atoms with Gasteiger partial charge in [0.25, 0.3) is 0 Å². The molecule has 0 aromatic heterocycles. The number of hydrogen-bond donors (Lipinski definition) is 1. The lowest BCUT2D eigenvalue weighted by Crippen LogP contribution is -2.20. The SMILES string of the molecule is C[C@H](C[C@@H](C)O)C1=C[C@@H]2CCCCCCCCC[C@H](C1)C2. The Morgan fingerprint density at radius 1 is 1.00 bits per heavy atom. The van der Waals surface area contributed by atoms with Gasteiger partial charge in [0.15, 0.2) is 0 Å². The number of allylic oxidation sites excluding steroid dienone is 2. The maximum absolute atomic E-state index is 9.68. The Morgan fingerprint density at radius 2 is 1.62 bits per heavy atom. The van der Waals surface area contributed by atoms with Crippen molar-refractivity contribution in [3.8, 4) is 0 Å². The zero-order valence-electron chi connectivity index (χ0n) is 14.3. The van der Waals surface area contributed by atoms with E-state index in [0.717, 1.165) is 18.3 Å². The third-order valence-electron chi connectivity index (χ3n) is 5.63. The average Bonchev–Trinajstić information content (AvgIpc) is 2.43. The van der Waals surface area contributed by atoms with Crippen LogP contribution < -0.4 is 0 Å². The molecular weight excluding hydrogens is 256 g/mol. The molecule has 0 radical (unpaired) electrons. The van der Waals surface area contributed by atoms with E-state index in [1.807, 2.05) is 6.92 Å². The first kappa shape index (κ1) is 17.1. The van der Waals surface area contributed by atoms with Crippen molar-refractivity contribution in [2.45, 2.75) is 97.0 Å². The first-order chi connectivity index (χ1) is 10.1. The van der Waals surface area contributed by atoms with E-state index >= 15 is 0 Å². The first-order valence-corrected chi connectivity index (χ1v) is 9.53. The van der Waals surface area contributed by atoms with Crippen molar-refractivity contribution in [2.75, 3.05) is 0 Å². The second-order valence-corrected chi connectivity index (χ2v) is 7.85. The normalized spacial score (nSPS) is 31.5. The van der Waals surface area contributed by atoms with Gasteiger partial charge >= 0.3 is 0 Å². The van der Waals surface area contributed by atoms with Gasteiger partial charge in [-0.15, -0.1) is 0 Å². The van der Waals surface area contributed by atoms with E-state index in [-0.39, 0.29) is 6.10 Å². The van der Waals surface area contributed by atoms with E-state index in [9.17, 15) is 5.11 Å². The summed E-state index contributed by atoms with van der Waals surface area (Å²) in [5, 5.41) is 9.68. The van der Waals surface area contributed by atoms with Gasteiger partial charge in [-0.25, -0.2) is 0 Å². The molecule has 2 rings (SSSR count). The highest BCUT2D eigenvalue weighted by atomic mass is 16.3. The van der Waals surface area contributed by atoms with Crippen molar-refractivity contribution >= 4 is 0 Å². The van der Waals surface area contributed by atoms with Crippen LogP contribution >= 0.6 is 0 Å². The maximum Gasteiger partial charge on any atom is 0.0517 e. The lowest BCUT2D eigenvalue weighted by molar-refractivity contribution is 0.167. The number of hydrogen-bond acceptors (Lipinski definition) is 1. The highest BCUT2D eigenvalue weighted by molar-refractivity contribution is 5.13. The molecule has 122 valence electrons. The number of aliphatic hydroxyl groups is 1. The summed E-state index contributed by atoms with van der Waals surface area (Å²) in [4.78, 5) is 0. The molecule has 1 heteroatoms. The molecule has 0 spiro atoms. The van der Waals surface area contributed by atoms with Crippen LogP contribution in [0.5, 0.6) is 0 Å². The van der Waals surface area contributed by atoms with Crippen molar-refractivity contribution in [1.29, 1.82) is 0 Å². The molecule has 2 aliphatic rings. The van der Waals surface area contributed by atoms with Gasteiger partial charge in [0.05, 0.1) is 6.10 Å². The van der Waals surface area contributed by atoms with Gasteiger partial charge < -0.3 is 5.11 Å². The van der Waals surface area contributed by atoms with E-state index in [0.29, 0.717) is 5.92 Å². The summed E-state index contributed by atoms with van der Waals surface area (Å²) < 4.78 is 0. The Hall–Kier alpha value is -0.300. The van der Waals surface area contributed by atoms with Crippen molar-refractivity contribution in [3.63, 3.8) is 0 Å². The molecule has 0 unspecified atom stereocenters. The van der Waals surface area contributed by atoms with Gasteiger partial charge in [-0.3, -0.25) is 0 Å². The zero-order chi connectivity index (χ0) is 15.1. The second kappa shape index (κ2) is 8.98. The summed E-state index contributed by atoms with van der Waals surface area (Å²) >= 11 is 0. The Labute approximate surface area is 132 Å². The van der Waals surface area contributed by atoms with E-state index in [1.165, 1.54) is 70.6 Å². The van der Waals surface area contributed by atoms with Gasteiger partial charge in [-0.1, -0.05) is 69.9 Å². The molecule has 1 saturated carbocycles. The minimum Gasteiger partial charge on any atom is -0.393 e. The lowest BCUT2D eigenvalue weighted by Gasteiger charge is -2.32. The molecule has 0 aromatic carbocycles. The molecule has 0 amide bonds. The summed E-state index contributed by atoms with van der Waals surface area (Å²) in [5.41, 5.74) is 1.66. The third kappa shape index (κ3) is 6.14. The van der Waals surface area contributed by atoms with E-state index < -0.39 is 0 Å². The van der Waals surface area contributed by atoms with Crippen LogP contribution in [0, 0.1) is 17.8 Å². The number of aliphatic hydroxyl groups excluding tert-OH is 1. The molecule has 0 saturated heterocycles.